The van der Waals surface area contributed by atoms with Crippen LogP contribution < -0.4 is 14.8 Å². The summed E-state index contributed by atoms with van der Waals surface area (Å²) in [5.41, 5.74) is 0.189. The Kier molecular flexibility index (Phi) is 6.29. The predicted octanol–water partition coefficient (Wildman–Crippen LogP) is 5.18. The van der Waals surface area contributed by atoms with Crippen LogP contribution >= 0.6 is 23.2 Å². The first kappa shape index (κ1) is 18.4. The predicted molar refractivity (Wildman–Crippen MR) is 93.2 cm³/mol. The van der Waals surface area contributed by atoms with E-state index in [-0.39, 0.29) is 21.3 Å². The quantitative estimate of drug-likeness (QED) is 0.760. The van der Waals surface area contributed by atoms with Gasteiger partial charge in [-0.3, -0.25) is 4.79 Å². The molecule has 0 saturated carbocycles. The summed E-state index contributed by atoms with van der Waals surface area (Å²) < 4.78 is 24.6. The van der Waals surface area contributed by atoms with Crippen molar-refractivity contribution in [2.45, 2.75) is 13.3 Å². The molecule has 0 bridgehead atoms. The summed E-state index contributed by atoms with van der Waals surface area (Å²) >= 11 is 11.9. The maximum absolute atomic E-state index is 13.9. The molecule has 0 aliphatic carbocycles. The maximum atomic E-state index is 13.9. The van der Waals surface area contributed by atoms with Gasteiger partial charge in [-0.2, -0.15) is 0 Å². The summed E-state index contributed by atoms with van der Waals surface area (Å²) in [6, 6.07) is 7.26. The fourth-order valence-corrected chi connectivity index (χ4v) is 2.43. The van der Waals surface area contributed by atoms with Gasteiger partial charge in [-0.1, -0.05) is 36.2 Å². The minimum atomic E-state index is -0.700. The van der Waals surface area contributed by atoms with Gasteiger partial charge in [-0.05, 0) is 30.7 Å². The van der Waals surface area contributed by atoms with Crippen LogP contribution in [0.4, 0.5) is 10.1 Å². The van der Waals surface area contributed by atoms with Gasteiger partial charge in [0.15, 0.2) is 17.3 Å². The second-order valence-corrected chi connectivity index (χ2v) is 5.71. The van der Waals surface area contributed by atoms with E-state index in [0.717, 1.165) is 6.42 Å². The van der Waals surface area contributed by atoms with Crippen molar-refractivity contribution in [2.24, 2.45) is 0 Å². The van der Waals surface area contributed by atoms with Crippen LogP contribution in [0.1, 0.15) is 23.7 Å². The molecule has 0 fully saturated rings. The Balaban J connectivity index is 2.29. The van der Waals surface area contributed by atoms with E-state index in [1.807, 2.05) is 6.92 Å². The molecular weight excluding hydrogens is 356 g/mol. The Morgan fingerprint density at radius 3 is 2.67 bits per heavy atom. The Hall–Kier alpha value is -1.98. The van der Waals surface area contributed by atoms with Crippen LogP contribution in [0.2, 0.25) is 10.0 Å². The smallest absolute Gasteiger partial charge is 0.255 e. The first-order valence-corrected chi connectivity index (χ1v) is 7.99. The average molecular weight is 372 g/mol. The minimum absolute atomic E-state index is 0.0195. The number of hydrogen-bond acceptors (Lipinski definition) is 3. The van der Waals surface area contributed by atoms with E-state index >= 15 is 0 Å². The third-order valence-electron chi connectivity index (χ3n) is 3.14. The van der Waals surface area contributed by atoms with Crippen LogP contribution in [0.25, 0.3) is 0 Å². The molecule has 7 heteroatoms. The molecule has 2 rings (SSSR count). The van der Waals surface area contributed by atoms with Gasteiger partial charge >= 0.3 is 0 Å². The van der Waals surface area contributed by atoms with E-state index in [2.05, 4.69) is 5.32 Å². The number of benzene rings is 2. The molecule has 4 nitrogen and oxygen atoms in total. The van der Waals surface area contributed by atoms with Crippen LogP contribution in [-0.4, -0.2) is 19.6 Å². The van der Waals surface area contributed by atoms with Crippen LogP contribution in [0.3, 0.4) is 0 Å². The molecule has 0 aromatic heterocycles. The fourth-order valence-electron chi connectivity index (χ4n) is 1.99. The summed E-state index contributed by atoms with van der Waals surface area (Å²) in [6.45, 7) is 2.43. The number of anilines is 1. The molecule has 0 atom stereocenters. The zero-order valence-corrected chi connectivity index (χ0v) is 14.7. The molecule has 0 saturated heterocycles. The number of methoxy groups -OCH3 is 1. The second kappa shape index (κ2) is 8.22. The molecule has 0 unspecified atom stereocenters. The monoisotopic (exact) mass is 371 g/mol. The van der Waals surface area contributed by atoms with Crippen molar-refractivity contribution >= 4 is 34.8 Å². The summed E-state index contributed by atoms with van der Waals surface area (Å²) in [5, 5.41) is 2.61. The highest BCUT2D eigenvalue weighted by Gasteiger charge is 2.17. The number of carbonyl (C=O) groups excluding carboxylic acids is 1. The van der Waals surface area contributed by atoms with Crippen LogP contribution in [-0.2, 0) is 0 Å². The molecule has 24 heavy (non-hydrogen) atoms. The molecule has 2 aromatic carbocycles. The Morgan fingerprint density at radius 1 is 1.25 bits per heavy atom. The molecule has 0 heterocycles. The normalized spacial score (nSPS) is 10.4. The van der Waals surface area contributed by atoms with Crippen LogP contribution in [0.15, 0.2) is 30.3 Å². The molecule has 128 valence electrons. The van der Waals surface area contributed by atoms with Crippen molar-refractivity contribution in [3.8, 4) is 11.5 Å². The van der Waals surface area contributed by atoms with Crippen LogP contribution in [0, 0.1) is 5.82 Å². The SMILES string of the molecule is CCCOc1c(Cl)cc(C(=O)Nc2cccc(Cl)c2F)cc1OC. The van der Waals surface area contributed by atoms with Crippen molar-refractivity contribution in [1.82, 2.24) is 0 Å². The van der Waals surface area contributed by atoms with E-state index in [1.54, 1.807) is 0 Å². The van der Waals surface area contributed by atoms with Gasteiger partial charge in [0.25, 0.3) is 5.91 Å². The summed E-state index contributed by atoms with van der Waals surface area (Å²) in [5.74, 6) is -0.550. The number of hydrogen-bond donors (Lipinski definition) is 1. The van der Waals surface area contributed by atoms with Crippen LogP contribution in [0.5, 0.6) is 11.5 Å². The third kappa shape index (κ3) is 4.10. The Morgan fingerprint density at radius 2 is 2.00 bits per heavy atom. The lowest BCUT2D eigenvalue weighted by molar-refractivity contribution is 0.102. The first-order chi connectivity index (χ1) is 11.5. The number of ether oxygens (including phenoxy) is 2. The van der Waals surface area contributed by atoms with Gasteiger partial charge < -0.3 is 14.8 Å². The second-order valence-electron chi connectivity index (χ2n) is 4.89. The number of rotatable bonds is 6. The number of amides is 1. The summed E-state index contributed by atoms with van der Waals surface area (Å²) in [4.78, 5) is 12.3. The molecule has 0 radical (unpaired) electrons. The van der Waals surface area contributed by atoms with E-state index in [0.29, 0.717) is 18.1 Å². The molecular formula is C17H16Cl2FNO3. The summed E-state index contributed by atoms with van der Waals surface area (Å²) in [6.07, 6.45) is 0.801. The largest absolute Gasteiger partial charge is 0.493 e. The first-order valence-electron chi connectivity index (χ1n) is 7.23. The molecule has 0 aliphatic rings. The van der Waals surface area contributed by atoms with Crippen molar-refractivity contribution < 1.29 is 18.7 Å². The highest BCUT2D eigenvalue weighted by Crippen LogP contribution is 2.36. The average Bonchev–Trinajstić information content (AvgIpc) is 2.57. The summed E-state index contributed by atoms with van der Waals surface area (Å²) in [7, 11) is 1.45. The fraction of sp³-hybridized carbons (Fsp3) is 0.235. The lowest BCUT2D eigenvalue weighted by Crippen LogP contribution is -2.13. The van der Waals surface area contributed by atoms with Crippen molar-refractivity contribution in [1.29, 1.82) is 0 Å². The van der Waals surface area contributed by atoms with Gasteiger partial charge in [0.1, 0.15) is 0 Å². The lowest BCUT2D eigenvalue weighted by Gasteiger charge is -2.14. The minimum Gasteiger partial charge on any atom is -0.493 e. The number of halogens is 3. The Labute approximate surface area is 149 Å². The highest BCUT2D eigenvalue weighted by atomic mass is 35.5. The zero-order chi connectivity index (χ0) is 17.7. The maximum Gasteiger partial charge on any atom is 0.255 e. The topological polar surface area (TPSA) is 47.6 Å². The van der Waals surface area contributed by atoms with Crippen molar-refractivity contribution in [3.05, 3.63) is 51.8 Å². The van der Waals surface area contributed by atoms with Gasteiger partial charge in [-0.15, -0.1) is 0 Å². The van der Waals surface area contributed by atoms with E-state index in [1.165, 1.54) is 37.4 Å². The molecule has 0 spiro atoms. The molecule has 1 N–H and O–H groups in total. The highest BCUT2D eigenvalue weighted by molar-refractivity contribution is 6.33. The van der Waals surface area contributed by atoms with Gasteiger partial charge in [-0.25, -0.2) is 4.39 Å². The number of carbonyl (C=O) groups is 1. The molecule has 0 aliphatic heterocycles. The molecule has 1 amide bonds. The van der Waals surface area contributed by atoms with E-state index in [4.69, 9.17) is 32.7 Å². The zero-order valence-electron chi connectivity index (χ0n) is 13.2. The number of nitrogens with one attached hydrogen (secondary N) is 1. The molecule has 2 aromatic rings. The third-order valence-corrected chi connectivity index (χ3v) is 3.71. The standard InChI is InChI=1S/C17H16Cl2FNO3/c1-3-7-24-16-12(19)8-10(9-14(16)23-2)17(22)21-13-6-4-5-11(18)15(13)20/h4-6,8-9H,3,7H2,1-2H3,(H,21,22). The van der Waals surface area contributed by atoms with Gasteiger partial charge in [0.2, 0.25) is 0 Å². The van der Waals surface area contributed by atoms with Gasteiger partial charge in [0.05, 0.1) is 29.4 Å². The van der Waals surface area contributed by atoms with Crippen molar-refractivity contribution in [2.75, 3.05) is 19.0 Å². The van der Waals surface area contributed by atoms with Gasteiger partial charge in [0, 0.05) is 5.56 Å². The lowest BCUT2D eigenvalue weighted by atomic mass is 10.1. The van der Waals surface area contributed by atoms with E-state index in [9.17, 15) is 9.18 Å². The van der Waals surface area contributed by atoms with Crippen molar-refractivity contribution in [3.63, 3.8) is 0 Å². The Bertz CT molecular complexity index is 753. The van der Waals surface area contributed by atoms with E-state index < -0.39 is 11.7 Å².